The predicted molar refractivity (Wildman–Crippen MR) is 85.8 cm³/mol. The Kier molecular flexibility index (Phi) is 3.99. The van der Waals surface area contributed by atoms with Crippen LogP contribution in [0.15, 0.2) is 11.6 Å². The van der Waals surface area contributed by atoms with E-state index in [-0.39, 0.29) is 5.92 Å². The summed E-state index contributed by atoms with van der Waals surface area (Å²) >= 11 is 0. The third-order valence-corrected chi connectivity index (χ3v) is 6.57. The first-order chi connectivity index (χ1) is 9.86. The van der Waals surface area contributed by atoms with Crippen LogP contribution in [0.4, 0.5) is 0 Å². The Morgan fingerprint density at radius 1 is 1.19 bits per heavy atom. The molecule has 120 valence electrons. The lowest BCUT2D eigenvalue weighted by atomic mass is 9.54. The minimum atomic E-state index is -0.566. The molecule has 3 aliphatic rings. The van der Waals surface area contributed by atoms with Crippen molar-refractivity contribution >= 4 is 0 Å². The molecule has 0 radical (unpaired) electrons. The molecule has 2 saturated carbocycles. The van der Waals surface area contributed by atoms with Crippen molar-refractivity contribution in [3.8, 4) is 0 Å². The second-order valence-electron chi connectivity index (χ2n) is 8.78. The van der Waals surface area contributed by atoms with Crippen molar-refractivity contribution in [1.29, 1.82) is 0 Å². The quantitative estimate of drug-likeness (QED) is 0.719. The van der Waals surface area contributed by atoms with E-state index in [2.05, 4.69) is 33.8 Å². The SMILES string of the molecule is C/C=C1/[C@H]2[C@@H](CC[C@@H]1[C@@]1(C)CCCC(C)(C)C1)CO[C@@H]2O. The van der Waals surface area contributed by atoms with Crippen LogP contribution >= 0.6 is 0 Å². The van der Waals surface area contributed by atoms with Crippen molar-refractivity contribution in [3.05, 3.63) is 11.6 Å². The van der Waals surface area contributed by atoms with Crippen molar-refractivity contribution < 1.29 is 9.84 Å². The summed E-state index contributed by atoms with van der Waals surface area (Å²) in [6.07, 6.45) is 9.60. The van der Waals surface area contributed by atoms with Gasteiger partial charge in [-0.1, -0.05) is 38.8 Å². The first-order valence-corrected chi connectivity index (χ1v) is 8.82. The maximum absolute atomic E-state index is 10.3. The van der Waals surface area contributed by atoms with E-state index in [0.717, 1.165) is 6.61 Å². The van der Waals surface area contributed by atoms with Gasteiger partial charge in [-0.25, -0.2) is 0 Å². The number of rotatable bonds is 1. The van der Waals surface area contributed by atoms with Crippen LogP contribution in [0.25, 0.3) is 0 Å². The minimum Gasteiger partial charge on any atom is -0.367 e. The standard InChI is InChI=1S/C19H32O2/c1-5-14-15(8-7-13-11-21-17(20)16(13)14)19(4)10-6-9-18(2,3)12-19/h5,13,15-17,20H,6-12H2,1-4H3/b14-5+/t13-,15-,16+,17-,19-/m0/s1. The van der Waals surface area contributed by atoms with Crippen LogP contribution in [-0.4, -0.2) is 18.0 Å². The lowest BCUT2D eigenvalue weighted by Crippen LogP contribution is -2.42. The van der Waals surface area contributed by atoms with E-state index < -0.39 is 6.29 Å². The van der Waals surface area contributed by atoms with Gasteiger partial charge in [-0.15, -0.1) is 0 Å². The largest absolute Gasteiger partial charge is 0.367 e. The van der Waals surface area contributed by atoms with Gasteiger partial charge in [-0.05, 0) is 61.7 Å². The van der Waals surface area contributed by atoms with E-state index in [4.69, 9.17) is 4.74 Å². The molecule has 3 fully saturated rings. The van der Waals surface area contributed by atoms with E-state index in [1.54, 1.807) is 0 Å². The molecule has 0 spiro atoms. The van der Waals surface area contributed by atoms with Gasteiger partial charge in [0.1, 0.15) is 0 Å². The topological polar surface area (TPSA) is 29.5 Å². The molecule has 0 unspecified atom stereocenters. The molecule has 1 heterocycles. The number of ether oxygens (including phenoxy) is 1. The summed E-state index contributed by atoms with van der Waals surface area (Å²) in [7, 11) is 0. The maximum atomic E-state index is 10.3. The maximum Gasteiger partial charge on any atom is 0.161 e. The highest BCUT2D eigenvalue weighted by Gasteiger charge is 2.50. The van der Waals surface area contributed by atoms with Crippen LogP contribution in [0.5, 0.6) is 0 Å². The zero-order chi connectivity index (χ0) is 15.3. The predicted octanol–water partition coefficient (Wildman–Crippen LogP) is 4.53. The Balaban J connectivity index is 1.87. The number of allylic oxidation sites excluding steroid dienone is 1. The summed E-state index contributed by atoms with van der Waals surface area (Å²) in [6.45, 7) is 10.3. The van der Waals surface area contributed by atoms with Crippen LogP contribution in [0, 0.1) is 28.6 Å². The highest BCUT2D eigenvalue weighted by molar-refractivity contribution is 5.20. The van der Waals surface area contributed by atoms with Gasteiger partial charge < -0.3 is 9.84 Å². The summed E-state index contributed by atoms with van der Waals surface area (Å²) in [5, 5.41) is 10.3. The van der Waals surface area contributed by atoms with E-state index in [1.807, 2.05) is 0 Å². The molecule has 0 aromatic heterocycles. The average Bonchev–Trinajstić information content (AvgIpc) is 2.78. The first kappa shape index (κ1) is 15.6. The highest BCUT2D eigenvalue weighted by Crippen LogP contribution is 2.57. The smallest absolute Gasteiger partial charge is 0.161 e. The second-order valence-corrected chi connectivity index (χ2v) is 8.78. The fourth-order valence-corrected chi connectivity index (χ4v) is 5.82. The lowest BCUT2D eigenvalue weighted by molar-refractivity contribution is -0.0800. The molecule has 21 heavy (non-hydrogen) atoms. The van der Waals surface area contributed by atoms with Crippen molar-refractivity contribution in [2.45, 2.75) is 72.5 Å². The third kappa shape index (κ3) is 2.70. The first-order valence-electron chi connectivity index (χ1n) is 8.82. The van der Waals surface area contributed by atoms with Crippen LogP contribution in [0.3, 0.4) is 0 Å². The molecule has 1 aliphatic heterocycles. The summed E-state index contributed by atoms with van der Waals surface area (Å²) < 4.78 is 5.56. The zero-order valence-corrected chi connectivity index (χ0v) is 14.2. The van der Waals surface area contributed by atoms with Gasteiger partial charge in [0.25, 0.3) is 0 Å². The lowest BCUT2D eigenvalue weighted by Gasteiger charge is -2.51. The van der Waals surface area contributed by atoms with Gasteiger partial charge in [0.05, 0.1) is 6.61 Å². The van der Waals surface area contributed by atoms with E-state index >= 15 is 0 Å². The van der Waals surface area contributed by atoms with Gasteiger partial charge in [0.15, 0.2) is 6.29 Å². The molecule has 0 bridgehead atoms. The molecule has 3 rings (SSSR count). The molecule has 1 N–H and O–H groups in total. The Morgan fingerprint density at radius 3 is 2.62 bits per heavy atom. The molecule has 2 nitrogen and oxygen atoms in total. The van der Waals surface area contributed by atoms with Crippen molar-refractivity contribution in [1.82, 2.24) is 0 Å². The molecule has 0 aromatic rings. The summed E-state index contributed by atoms with van der Waals surface area (Å²) in [5.74, 6) is 1.44. The highest BCUT2D eigenvalue weighted by atomic mass is 16.6. The van der Waals surface area contributed by atoms with Crippen molar-refractivity contribution in [2.24, 2.45) is 28.6 Å². The van der Waals surface area contributed by atoms with Crippen LogP contribution in [0.2, 0.25) is 0 Å². The molecule has 0 amide bonds. The Hall–Kier alpha value is -0.340. The average molecular weight is 292 g/mol. The number of hydrogen-bond donors (Lipinski definition) is 1. The Labute approximate surface area is 130 Å². The molecule has 2 heteroatoms. The van der Waals surface area contributed by atoms with Gasteiger partial charge in [0.2, 0.25) is 0 Å². The van der Waals surface area contributed by atoms with Gasteiger partial charge in [0, 0.05) is 5.92 Å². The zero-order valence-electron chi connectivity index (χ0n) is 14.2. The fourth-order valence-electron chi connectivity index (χ4n) is 5.82. The van der Waals surface area contributed by atoms with Gasteiger partial charge >= 0.3 is 0 Å². The van der Waals surface area contributed by atoms with E-state index in [1.165, 1.54) is 44.1 Å². The summed E-state index contributed by atoms with van der Waals surface area (Å²) in [4.78, 5) is 0. The number of hydrogen-bond acceptors (Lipinski definition) is 2. The Morgan fingerprint density at radius 2 is 1.95 bits per heavy atom. The van der Waals surface area contributed by atoms with Crippen molar-refractivity contribution in [3.63, 3.8) is 0 Å². The van der Waals surface area contributed by atoms with E-state index in [9.17, 15) is 5.11 Å². The van der Waals surface area contributed by atoms with E-state index in [0.29, 0.717) is 22.7 Å². The Bertz CT molecular complexity index is 425. The number of aliphatic hydroxyl groups excluding tert-OH is 1. The third-order valence-electron chi connectivity index (χ3n) is 6.57. The number of fused-ring (bicyclic) bond motifs is 1. The van der Waals surface area contributed by atoms with Gasteiger partial charge in [-0.2, -0.15) is 0 Å². The molecular weight excluding hydrogens is 260 g/mol. The van der Waals surface area contributed by atoms with Crippen LogP contribution < -0.4 is 0 Å². The summed E-state index contributed by atoms with van der Waals surface area (Å²) in [6, 6.07) is 0. The molecular formula is C19H32O2. The molecule has 2 aliphatic carbocycles. The van der Waals surface area contributed by atoms with Crippen LogP contribution in [-0.2, 0) is 4.74 Å². The monoisotopic (exact) mass is 292 g/mol. The molecule has 0 aromatic carbocycles. The minimum absolute atomic E-state index is 0.260. The number of aliphatic hydroxyl groups is 1. The normalized spacial score (nSPS) is 48.3. The van der Waals surface area contributed by atoms with Crippen molar-refractivity contribution in [2.75, 3.05) is 6.61 Å². The summed E-state index contributed by atoms with van der Waals surface area (Å²) in [5.41, 5.74) is 2.36. The van der Waals surface area contributed by atoms with Gasteiger partial charge in [-0.3, -0.25) is 0 Å². The molecule has 5 atom stereocenters. The molecule has 1 saturated heterocycles. The van der Waals surface area contributed by atoms with Crippen LogP contribution in [0.1, 0.15) is 66.2 Å². The fraction of sp³-hybridized carbons (Fsp3) is 0.895. The second kappa shape index (κ2) is 5.38.